The van der Waals surface area contributed by atoms with E-state index in [2.05, 4.69) is 155 Å². The van der Waals surface area contributed by atoms with Crippen LogP contribution in [0.4, 0.5) is 95.4 Å². The summed E-state index contributed by atoms with van der Waals surface area (Å²) in [6, 6.07) is 20.9. The lowest BCUT2D eigenvalue weighted by Gasteiger charge is -2.32. The van der Waals surface area contributed by atoms with Crippen LogP contribution in [0.3, 0.4) is 0 Å². The minimum absolute atomic E-state index is 0.0324. The van der Waals surface area contributed by atoms with Gasteiger partial charge in [-0.1, -0.05) is 0 Å². The van der Waals surface area contributed by atoms with E-state index in [0.29, 0.717) is 153 Å². The first-order valence-electron chi connectivity index (χ1n) is 49.4. The van der Waals surface area contributed by atoms with Crippen molar-refractivity contribution in [1.29, 1.82) is 0 Å². The van der Waals surface area contributed by atoms with Crippen LogP contribution in [0.15, 0.2) is 141 Å². The van der Waals surface area contributed by atoms with Gasteiger partial charge in [-0.05, 0) is 126 Å². The average Bonchev–Trinajstić information content (AvgIpc) is 1.66. The number of nitrogens with one attached hydrogen (secondary N) is 15. The minimum atomic E-state index is -2.77. The second-order valence-corrected chi connectivity index (χ2v) is 34.0. The third kappa shape index (κ3) is 22.9. The van der Waals surface area contributed by atoms with Crippen LogP contribution < -0.4 is 103 Å². The summed E-state index contributed by atoms with van der Waals surface area (Å²) < 4.78 is 110. The molecule has 758 valence electrons. The lowest BCUT2D eigenvalue weighted by molar-refractivity contribution is 0.0448. The van der Waals surface area contributed by atoms with E-state index in [1.165, 1.54) is 59.4 Å². The smallest absolute Gasteiger partial charge is 0.257 e. The molecule has 0 saturated heterocycles. The molecule has 15 heterocycles. The number of amides is 5. The Kier molecular flexibility index (Phi) is 28.6. The van der Waals surface area contributed by atoms with Gasteiger partial charge in [0.15, 0.2) is 28.2 Å². The Bertz CT molecular complexity index is 7460. The number of pyridine rings is 5. The number of ether oxygens (including phenoxy) is 6. The summed E-state index contributed by atoms with van der Waals surface area (Å²) in [6.07, 6.45) is 25.0. The van der Waals surface area contributed by atoms with Crippen molar-refractivity contribution in [1.82, 2.24) is 124 Å². The molecule has 0 aromatic carbocycles. The van der Waals surface area contributed by atoms with Gasteiger partial charge in [-0.15, -0.1) is 0 Å². The van der Waals surface area contributed by atoms with Crippen molar-refractivity contribution in [3.05, 3.63) is 180 Å². The molecule has 18 N–H and O–H groups in total. The van der Waals surface area contributed by atoms with Gasteiger partial charge in [0, 0.05) is 115 Å². The molecule has 15 aromatic rings. The van der Waals surface area contributed by atoms with E-state index in [4.69, 9.17) is 36.6 Å². The first-order chi connectivity index (χ1) is 72.8. The first kappa shape index (κ1) is 91.7. The number of aliphatic hydroxyl groups excluding tert-OH is 3. The van der Waals surface area contributed by atoms with Crippen molar-refractivity contribution in [2.75, 3.05) is 130 Å². The van der Waals surface area contributed by atoms with Crippen LogP contribution in [0.1, 0.15) is 150 Å². The van der Waals surface area contributed by atoms with Gasteiger partial charge in [-0.25, -0.2) is 58.6 Å². The number of hydrogen-bond donors (Lipinski definition) is 18. The molecule has 0 unspecified atom stereocenters. The number of anilines is 15. The van der Waals surface area contributed by atoms with E-state index in [1.807, 2.05) is 18.2 Å². The summed E-state index contributed by atoms with van der Waals surface area (Å²) in [7, 11) is 6.29. The van der Waals surface area contributed by atoms with Crippen LogP contribution >= 0.6 is 0 Å². The summed E-state index contributed by atoms with van der Waals surface area (Å²) in [5.74, 6) is 2.88. The maximum Gasteiger partial charge on any atom is 0.257 e. The number of aliphatic hydroxyl groups is 3. The normalized spacial score (nSPS) is 17.7. The molecule has 6 aliphatic rings. The minimum Gasteiger partial charge on any atom is -0.480 e. The van der Waals surface area contributed by atoms with E-state index < -0.39 is 49.9 Å². The third-order valence-electron chi connectivity index (χ3n) is 24.4. The molecule has 0 radical (unpaired) electrons. The monoisotopic (exact) mass is 2000 g/mol. The number of fused-ring (bicyclic) bond motifs is 5. The molecule has 0 aliphatic heterocycles. The first-order valence-corrected chi connectivity index (χ1v) is 46.4. The maximum atomic E-state index is 13.8. The van der Waals surface area contributed by atoms with Gasteiger partial charge in [0.1, 0.15) is 139 Å². The molecule has 5 amide bonds. The summed E-state index contributed by atoms with van der Waals surface area (Å²) >= 11 is 0. The number of hydrogen-bond acceptors (Lipinski definition) is 39. The van der Waals surface area contributed by atoms with E-state index >= 15 is 0 Å². The van der Waals surface area contributed by atoms with Crippen molar-refractivity contribution in [3.63, 3.8) is 0 Å². The van der Waals surface area contributed by atoms with Gasteiger partial charge in [-0.3, -0.25) is 24.0 Å². The number of carbonyl (C=O) groups excluding carboxylic acids is 5. The summed E-state index contributed by atoms with van der Waals surface area (Å²) in [6.45, 7) is 0.619. The number of methoxy groups -OCH3 is 4. The van der Waals surface area contributed by atoms with Gasteiger partial charge < -0.3 is 123 Å². The molecule has 6 saturated carbocycles. The lowest BCUT2D eigenvalue weighted by Crippen LogP contribution is -2.50. The number of carbonyl (C=O) groups is 5. The number of nitrogens with zero attached hydrogens (tertiary/aromatic N) is 20. The van der Waals surface area contributed by atoms with Crippen LogP contribution in [0.5, 0.6) is 29.4 Å². The van der Waals surface area contributed by atoms with E-state index in [0.717, 1.165) is 82.7 Å². The summed E-state index contributed by atoms with van der Waals surface area (Å²) in [5.41, 5.74) is 5.19. The number of aromatic nitrogens is 20. The molecular weight excluding hydrogens is 1880 g/mol. The van der Waals surface area contributed by atoms with E-state index in [9.17, 15) is 48.1 Å². The van der Waals surface area contributed by atoms with Crippen molar-refractivity contribution >= 4 is 144 Å². The summed E-state index contributed by atoms with van der Waals surface area (Å²) in [5, 5.41) is 95.3. The highest BCUT2D eigenvalue weighted by atomic mass is 19.1. The molecule has 6 fully saturated rings. The molecule has 15 aromatic heterocycles. The highest BCUT2D eigenvalue weighted by Crippen LogP contribution is 2.37. The standard InChI is InChI=1S/C20H24FN7O3.C20H23N7O3.C18H20FN7O2.2C18H21N7O3/c1-22-17-9-16(26-15-8-12(21)10-23-20(15)31-7-6-30-2)27-18-14(11-24-28(17)18)19(29)25-13-4-3-5-13;1-21-17-9-16(24-14-3-2-8-22-20(14)30-11-4-5-11)26-18-12(10-23-27(17)18)19(29)25-13-6-7-15(13)28;1-20-15-7-14(24-13-6-10(19)8-21-18(13)28-2)25-16-12(9-22-26(15)16)17(27)23-11-4-3-5-11;2*1-19-15-8-14(22-12-4-3-7-20-18(12)28-2)24-16-10(9-21-25(15)16)17(27)23-11-5-6-13(11)26/h8-11,13,22H,3-7H2,1-2H3,(H,25,29)(H,26,27);2-3,8-11,13,15,21,28H,4-7H2,1H3,(H,24,26)(H,25,29);6-9,11,20H,3-5H2,1-2H3,(H,23,27)(H,24,25);2*3-4,7-9,11,13,19,26H,5-6H2,1-2H3,(H,22,24)(H,23,27)/t;13-,15-;;2*11-,13-/m.0.00/s1/i;;2*2D3;. The van der Waals surface area contributed by atoms with Crippen LogP contribution in [0, 0.1) is 11.6 Å². The van der Waals surface area contributed by atoms with Gasteiger partial charge in [0.2, 0.25) is 29.4 Å². The zero-order valence-electron chi connectivity index (χ0n) is 85.3. The van der Waals surface area contributed by atoms with Gasteiger partial charge in [0.05, 0.1) is 116 Å². The van der Waals surface area contributed by atoms with Crippen molar-refractivity contribution in [3.8, 4) is 29.4 Å². The highest BCUT2D eigenvalue weighted by molar-refractivity contribution is 6.03. The van der Waals surface area contributed by atoms with Crippen molar-refractivity contribution < 1.29 is 84.7 Å². The Labute approximate surface area is 834 Å². The lowest BCUT2D eigenvalue weighted by atomic mass is 9.89. The fourth-order valence-corrected chi connectivity index (χ4v) is 15.4. The predicted octanol–water partition coefficient (Wildman–Crippen LogP) is 8.74. The Morgan fingerprint density at radius 1 is 0.366 bits per heavy atom. The van der Waals surface area contributed by atoms with Gasteiger partial charge in [0.25, 0.3) is 29.5 Å². The SMILES string of the molecule is CNc1cc(Nc2cc(F)cnc2OCCOC)nc2c(C(=O)NC3CCC3)cnn12.CNc1cc(Nc2cccnc2OC)nc2c(C(=O)N[C@H]3CC[C@@H]3O)cnn12.CNc1cc(Nc2cccnc2OC2CC2)nc2c(C(=O)N[C@H]3CC[C@@H]3O)cnn12.[2H]C([2H])([2H])Oc1ncc(F)cc1Nc1cc(NC)n2ncc(C(=O)NC3CCC3)c2n1.[2H]C([2H])([2H])Oc1ncccc1Nc1cc(NC)n2ncc(C(=O)N[C@H]3CC[C@@H]3O)c2n1. The molecule has 51 heteroatoms. The van der Waals surface area contributed by atoms with Crippen molar-refractivity contribution in [2.45, 2.75) is 145 Å². The molecule has 0 bridgehead atoms. The second kappa shape index (κ2) is 45.2. The molecule has 49 nitrogen and oxygen atoms in total. The second-order valence-electron chi connectivity index (χ2n) is 34.0. The molecule has 145 heavy (non-hydrogen) atoms. The Morgan fingerprint density at radius 3 is 0.959 bits per heavy atom. The Balaban J connectivity index is 0.000000128. The molecule has 6 atom stereocenters. The van der Waals surface area contributed by atoms with Gasteiger partial charge >= 0.3 is 0 Å². The fraction of sp³-hybridized carbons (Fsp3) is 0.362. The fourth-order valence-electron chi connectivity index (χ4n) is 15.4. The zero-order chi connectivity index (χ0) is 106. The summed E-state index contributed by atoms with van der Waals surface area (Å²) in [4.78, 5) is 106. The highest BCUT2D eigenvalue weighted by Gasteiger charge is 2.36. The molecule has 0 spiro atoms. The molecular formula is C94H109F2N35O14. The zero-order valence-corrected chi connectivity index (χ0v) is 79.3. The van der Waals surface area contributed by atoms with Crippen LogP contribution in [-0.2, 0) is 4.74 Å². The van der Waals surface area contributed by atoms with Crippen molar-refractivity contribution in [2.24, 2.45) is 0 Å². The molecule has 21 rings (SSSR count). The third-order valence-corrected chi connectivity index (χ3v) is 24.4. The van der Waals surface area contributed by atoms with Crippen LogP contribution in [-0.4, -0.2) is 274 Å². The topological polar surface area (TPSA) is 597 Å². The van der Waals surface area contributed by atoms with E-state index in [1.54, 1.807) is 117 Å². The Morgan fingerprint density at radius 2 is 0.669 bits per heavy atom. The van der Waals surface area contributed by atoms with Crippen LogP contribution in [0.25, 0.3) is 28.2 Å². The van der Waals surface area contributed by atoms with Crippen LogP contribution in [0.2, 0.25) is 0 Å². The molecule has 6 aliphatic carbocycles. The predicted molar refractivity (Wildman–Crippen MR) is 531 cm³/mol. The number of rotatable bonds is 34. The Hall–Kier alpha value is -17.1. The van der Waals surface area contributed by atoms with Gasteiger partial charge in [-0.2, -0.15) is 48.1 Å². The number of halogens is 2. The maximum absolute atomic E-state index is 13.8. The quantitative estimate of drug-likeness (QED) is 0.0167. The average molecular weight is 2000 g/mol. The largest absolute Gasteiger partial charge is 0.480 e. The van der Waals surface area contributed by atoms with E-state index in [-0.39, 0.29) is 118 Å².